The van der Waals surface area contributed by atoms with Crippen LogP contribution in [0.2, 0.25) is 0 Å². The maximum atomic E-state index is 10.7. The largest absolute Gasteiger partial charge is 0.382 e. The van der Waals surface area contributed by atoms with E-state index >= 15 is 0 Å². The summed E-state index contributed by atoms with van der Waals surface area (Å²) in [7, 11) is 0. The highest BCUT2D eigenvalue weighted by atomic mass is 16.1. The second-order valence-corrected chi connectivity index (χ2v) is 6.32. The number of benzene rings is 1. The Hall–Kier alpha value is -1.31. The zero-order valence-corrected chi connectivity index (χ0v) is 12.2. The van der Waals surface area contributed by atoms with Crippen LogP contribution in [-0.4, -0.2) is 12.3 Å². The molecule has 1 aromatic rings. The molecule has 0 aliphatic heterocycles. The maximum absolute atomic E-state index is 10.7. The molecule has 2 heteroatoms. The van der Waals surface area contributed by atoms with E-state index in [0.717, 1.165) is 35.3 Å². The highest BCUT2D eigenvalue weighted by molar-refractivity contribution is 5.75. The van der Waals surface area contributed by atoms with Crippen LogP contribution < -0.4 is 5.32 Å². The predicted octanol–water partition coefficient (Wildman–Crippen LogP) is 4.37. The summed E-state index contributed by atoms with van der Waals surface area (Å²) in [5.41, 5.74) is 1.87. The van der Waals surface area contributed by atoms with E-state index in [4.69, 9.17) is 0 Å². The van der Waals surface area contributed by atoms with Crippen molar-refractivity contribution in [3.63, 3.8) is 0 Å². The standard InChI is InChI=1S/C17H25NO/c1-12(2)16-9-4-13(3)10-17(16)18-15-7-5-14(11-19)6-8-15/h5-8,11-13,16-18H,4,9-10H2,1-3H3. The summed E-state index contributed by atoms with van der Waals surface area (Å²) in [5.74, 6) is 2.28. The predicted molar refractivity (Wildman–Crippen MR) is 80.6 cm³/mol. The highest BCUT2D eigenvalue weighted by Gasteiger charge is 2.30. The van der Waals surface area contributed by atoms with Crippen molar-refractivity contribution < 1.29 is 4.79 Å². The molecular formula is C17H25NO. The van der Waals surface area contributed by atoms with Gasteiger partial charge in [-0.05, 0) is 54.9 Å². The van der Waals surface area contributed by atoms with Crippen molar-refractivity contribution in [1.82, 2.24) is 0 Å². The lowest BCUT2D eigenvalue weighted by Gasteiger charge is -2.38. The Balaban J connectivity index is 2.06. The summed E-state index contributed by atoms with van der Waals surface area (Å²) in [4.78, 5) is 10.7. The minimum absolute atomic E-state index is 0.561. The zero-order valence-electron chi connectivity index (χ0n) is 12.2. The van der Waals surface area contributed by atoms with Crippen LogP contribution in [0.1, 0.15) is 50.4 Å². The van der Waals surface area contributed by atoms with Crippen LogP contribution in [-0.2, 0) is 0 Å². The lowest BCUT2D eigenvalue weighted by molar-refractivity contribution is 0.112. The Kier molecular flexibility index (Phi) is 4.62. The van der Waals surface area contributed by atoms with Gasteiger partial charge in [-0.15, -0.1) is 0 Å². The fourth-order valence-electron chi connectivity index (χ4n) is 3.24. The van der Waals surface area contributed by atoms with Crippen molar-refractivity contribution in [2.45, 2.75) is 46.1 Å². The topological polar surface area (TPSA) is 29.1 Å². The quantitative estimate of drug-likeness (QED) is 0.813. The van der Waals surface area contributed by atoms with Gasteiger partial charge in [-0.2, -0.15) is 0 Å². The Morgan fingerprint density at radius 2 is 1.89 bits per heavy atom. The molecule has 3 atom stereocenters. The van der Waals surface area contributed by atoms with E-state index in [1.54, 1.807) is 0 Å². The van der Waals surface area contributed by atoms with Gasteiger partial charge in [0.25, 0.3) is 0 Å². The van der Waals surface area contributed by atoms with Crippen LogP contribution in [0.5, 0.6) is 0 Å². The molecule has 0 aromatic heterocycles. The molecule has 1 N–H and O–H groups in total. The van der Waals surface area contributed by atoms with Gasteiger partial charge in [0.15, 0.2) is 0 Å². The van der Waals surface area contributed by atoms with Gasteiger partial charge in [0, 0.05) is 17.3 Å². The molecule has 1 aliphatic carbocycles. The van der Waals surface area contributed by atoms with E-state index in [1.165, 1.54) is 19.3 Å². The van der Waals surface area contributed by atoms with E-state index in [-0.39, 0.29) is 0 Å². The van der Waals surface area contributed by atoms with Gasteiger partial charge >= 0.3 is 0 Å². The van der Waals surface area contributed by atoms with Crippen LogP contribution >= 0.6 is 0 Å². The van der Waals surface area contributed by atoms with Crippen molar-refractivity contribution in [3.8, 4) is 0 Å². The molecular weight excluding hydrogens is 234 g/mol. The van der Waals surface area contributed by atoms with Gasteiger partial charge in [-0.1, -0.05) is 27.2 Å². The third-order valence-corrected chi connectivity index (χ3v) is 4.42. The lowest BCUT2D eigenvalue weighted by Crippen LogP contribution is -2.37. The van der Waals surface area contributed by atoms with Crippen molar-refractivity contribution in [2.24, 2.45) is 17.8 Å². The molecule has 3 unspecified atom stereocenters. The van der Waals surface area contributed by atoms with E-state index in [1.807, 2.05) is 24.3 Å². The average Bonchev–Trinajstić information content (AvgIpc) is 2.39. The van der Waals surface area contributed by atoms with E-state index in [2.05, 4.69) is 26.1 Å². The first kappa shape index (κ1) is 14.1. The highest BCUT2D eigenvalue weighted by Crippen LogP contribution is 2.35. The molecule has 0 bridgehead atoms. The molecule has 1 saturated carbocycles. The monoisotopic (exact) mass is 259 g/mol. The summed E-state index contributed by atoms with van der Waals surface area (Å²) in [6, 6.07) is 8.35. The van der Waals surface area contributed by atoms with Crippen LogP contribution in [0, 0.1) is 17.8 Å². The molecule has 1 aliphatic rings. The smallest absolute Gasteiger partial charge is 0.150 e. The normalized spacial score (nSPS) is 27.3. The number of hydrogen-bond donors (Lipinski definition) is 1. The number of rotatable bonds is 4. The summed E-state index contributed by atoms with van der Waals surface area (Å²) < 4.78 is 0. The number of carbonyl (C=O) groups excluding carboxylic acids is 1. The first-order valence-corrected chi connectivity index (χ1v) is 7.42. The Labute approximate surface area is 116 Å². The summed E-state index contributed by atoms with van der Waals surface area (Å²) >= 11 is 0. The number of nitrogens with one attached hydrogen (secondary N) is 1. The second kappa shape index (κ2) is 6.23. The molecule has 19 heavy (non-hydrogen) atoms. The van der Waals surface area contributed by atoms with Crippen LogP contribution in [0.15, 0.2) is 24.3 Å². The molecule has 0 heterocycles. The van der Waals surface area contributed by atoms with Gasteiger partial charge in [-0.3, -0.25) is 4.79 Å². The fraction of sp³-hybridized carbons (Fsp3) is 0.588. The van der Waals surface area contributed by atoms with E-state index in [9.17, 15) is 4.79 Å². The van der Waals surface area contributed by atoms with E-state index in [0.29, 0.717) is 6.04 Å². The third-order valence-electron chi connectivity index (χ3n) is 4.42. The van der Waals surface area contributed by atoms with Crippen molar-refractivity contribution in [3.05, 3.63) is 29.8 Å². The number of hydrogen-bond acceptors (Lipinski definition) is 2. The molecule has 0 spiro atoms. The fourth-order valence-corrected chi connectivity index (χ4v) is 3.24. The van der Waals surface area contributed by atoms with Gasteiger partial charge in [-0.25, -0.2) is 0 Å². The zero-order chi connectivity index (χ0) is 13.8. The van der Waals surface area contributed by atoms with E-state index < -0.39 is 0 Å². The molecule has 0 amide bonds. The molecule has 0 radical (unpaired) electrons. The summed E-state index contributed by atoms with van der Waals surface area (Å²) in [6.45, 7) is 7.00. The third kappa shape index (κ3) is 3.59. The van der Waals surface area contributed by atoms with Gasteiger partial charge < -0.3 is 5.32 Å². The van der Waals surface area contributed by atoms with Crippen LogP contribution in [0.4, 0.5) is 5.69 Å². The minimum atomic E-state index is 0.561. The molecule has 1 aromatic carbocycles. The Morgan fingerprint density at radius 1 is 1.21 bits per heavy atom. The van der Waals surface area contributed by atoms with Crippen molar-refractivity contribution in [2.75, 3.05) is 5.32 Å². The van der Waals surface area contributed by atoms with Gasteiger partial charge in [0.2, 0.25) is 0 Å². The van der Waals surface area contributed by atoms with Gasteiger partial charge in [0.1, 0.15) is 6.29 Å². The van der Waals surface area contributed by atoms with Gasteiger partial charge in [0.05, 0.1) is 0 Å². The summed E-state index contributed by atoms with van der Waals surface area (Å²) in [6.07, 6.45) is 4.82. The maximum Gasteiger partial charge on any atom is 0.150 e. The average molecular weight is 259 g/mol. The number of carbonyl (C=O) groups is 1. The SMILES string of the molecule is CC1CCC(C(C)C)C(Nc2ccc(C=O)cc2)C1. The van der Waals surface area contributed by atoms with Crippen molar-refractivity contribution >= 4 is 12.0 Å². The minimum Gasteiger partial charge on any atom is -0.382 e. The van der Waals surface area contributed by atoms with Crippen LogP contribution in [0.25, 0.3) is 0 Å². The Bertz CT molecular complexity index is 410. The number of anilines is 1. The Morgan fingerprint density at radius 3 is 2.47 bits per heavy atom. The first-order chi connectivity index (χ1) is 9.10. The molecule has 2 rings (SSSR count). The molecule has 2 nitrogen and oxygen atoms in total. The summed E-state index contributed by atoms with van der Waals surface area (Å²) in [5, 5.41) is 3.68. The second-order valence-electron chi connectivity index (χ2n) is 6.32. The molecule has 1 fully saturated rings. The van der Waals surface area contributed by atoms with Crippen molar-refractivity contribution in [1.29, 1.82) is 0 Å². The molecule has 0 saturated heterocycles. The lowest BCUT2D eigenvalue weighted by atomic mass is 9.74. The van der Waals surface area contributed by atoms with Crippen LogP contribution in [0.3, 0.4) is 0 Å². The number of aldehydes is 1. The molecule has 104 valence electrons. The first-order valence-electron chi connectivity index (χ1n) is 7.42.